The van der Waals surface area contributed by atoms with Crippen LogP contribution in [0, 0.1) is 16.0 Å². The van der Waals surface area contributed by atoms with E-state index >= 15 is 0 Å². The summed E-state index contributed by atoms with van der Waals surface area (Å²) in [6.07, 6.45) is 2.03. The van der Waals surface area contributed by atoms with Crippen molar-refractivity contribution in [2.75, 3.05) is 19.7 Å². The van der Waals surface area contributed by atoms with E-state index in [1.54, 1.807) is 18.2 Å². The zero-order chi connectivity index (χ0) is 19.1. The number of benzene rings is 2. The molecule has 27 heavy (non-hydrogen) atoms. The third-order valence-electron chi connectivity index (χ3n) is 4.87. The molecular formula is C21H24N2O4. The molecule has 1 atom stereocenters. The molecule has 1 aliphatic rings. The van der Waals surface area contributed by atoms with Gasteiger partial charge in [0.1, 0.15) is 0 Å². The lowest BCUT2D eigenvalue weighted by Gasteiger charge is -2.32. The van der Waals surface area contributed by atoms with Crippen molar-refractivity contribution in [3.8, 4) is 0 Å². The molecule has 1 saturated heterocycles. The van der Waals surface area contributed by atoms with E-state index in [9.17, 15) is 14.9 Å². The smallest absolute Gasteiger partial charge is 0.273 e. The SMILES string of the molecule is O=C(Cc1ccccc1[N+](=O)[O-])N1CCCC(COCc2ccccc2)C1. The minimum Gasteiger partial charge on any atom is -0.376 e. The summed E-state index contributed by atoms with van der Waals surface area (Å²) in [6, 6.07) is 16.5. The maximum atomic E-state index is 12.6. The molecule has 2 aromatic rings. The highest BCUT2D eigenvalue weighted by molar-refractivity contribution is 5.80. The average Bonchev–Trinajstić information content (AvgIpc) is 2.69. The van der Waals surface area contributed by atoms with Crippen LogP contribution in [-0.4, -0.2) is 35.4 Å². The van der Waals surface area contributed by atoms with Crippen molar-refractivity contribution in [2.45, 2.75) is 25.9 Å². The van der Waals surface area contributed by atoms with Crippen LogP contribution < -0.4 is 0 Å². The van der Waals surface area contributed by atoms with E-state index in [1.807, 2.05) is 35.2 Å². The molecule has 0 bridgehead atoms. The van der Waals surface area contributed by atoms with Crippen LogP contribution in [0.1, 0.15) is 24.0 Å². The van der Waals surface area contributed by atoms with Gasteiger partial charge in [-0.25, -0.2) is 0 Å². The molecule has 142 valence electrons. The molecule has 6 heteroatoms. The molecule has 1 amide bonds. The number of hydrogen-bond acceptors (Lipinski definition) is 4. The Kier molecular flexibility index (Phi) is 6.54. The van der Waals surface area contributed by atoms with Gasteiger partial charge in [0, 0.05) is 24.7 Å². The maximum absolute atomic E-state index is 12.6. The Balaban J connectivity index is 1.51. The van der Waals surface area contributed by atoms with Gasteiger partial charge >= 0.3 is 0 Å². The lowest BCUT2D eigenvalue weighted by molar-refractivity contribution is -0.385. The standard InChI is InChI=1S/C21H24N2O4/c24-21(13-19-10-4-5-11-20(19)23(25)26)22-12-6-9-18(14-22)16-27-15-17-7-2-1-3-8-17/h1-5,7-8,10-11,18H,6,9,12-16H2. The second kappa shape index (κ2) is 9.28. The van der Waals surface area contributed by atoms with Crippen molar-refractivity contribution < 1.29 is 14.5 Å². The van der Waals surface area contributed by atoms with Crippen LogP contribution in [0.4, 0.5) is 5.69 Å². The molecule has 1 aliphatic heterocycles. The highest BCUT2D eigenvalue weighted by Gasteiger charge is 2.25. The number of hydrogen-bond donors (Lipinski definition) is 0. The van der Waals surface area contributed by atoms with E-state index in [0.717, 1.165) is 18.4 Å². The van der Waals surface area contributed by atoms with Crippen molar-refractivity contribution in [3.63, 3.8) is 0 Å². The highest BCUT2D eigenvalue weighted by atomic mass is 16.6. The molecule has 0 radical (unpaired) electrons. The summed E-state index contributed by atoms with van der Waals surface area (Å²) in [7, 11) is 0. The van der Waals surface area contributed by atoms with Gasteiger partial charge in [-0.1, -0.05) is 48.5 Å². The first-order valence-electron chi connectivity index (χ1n) is 9.25. The number of ether oxygens (including phenoxy) is 1. The first-order chi connectivity index (χ1) is 13.1. The highest BCUT2D eigenvalue weighted by Crippen LogP contribution is 2.22. The predicted molar refractivity (Wildman–Crippen MR) is 102 cm³/mol. The van der Waals surface area contributed by atoms with E-state index in [-0.39, 0.29) is 18.0 Å². The molecule has 1 heterocycles. The third-order valence-corrected chi connectivity index (χ3v) is 4.87. The number of piperidine rings is 1. The Bertz CT molecular complexity index is 779. The van der Waals surface area contributed by atoms with Crippen LogP contribution in [0.25, 0.3) is 0 Å². The Labute approximate surface area is 158 Å². The van der Waals surface area contributed by atoms with E-state index in [0.29, 0.717) is 37.8 Å². The molecule has 0 aromatic heterocycles. The van der Waals surface area contributed by atoms with Crippen molar-refractivity contribution in [1.82, 2.24) is 4.90 Å². The maximum Gasteiger partial charge on any atom is 0.273 e. The van der Waals surface area contributed by atoms with Crippen LogP contribution >= 0.6 is 0 Å². The van der Waals surface area contributed by atoms with Gasteiger partial charge in [0.2, 0.25) is 5.91 Å². The van der Waals surface area contributed by atoms with Crippen LogP contribution in [-0.2, 0) is 22.6 Å². The molecular weight excluding hydrogens is 344 g/mol. The van der Waals surface area contributed by atoms with Crippen LogP contribution in [0.15, 0.2) is 54.6 Å². The summed E-state index contributed by atoms with van der Waals surface area (Å²) in [5, 5.41) is 11.1. The van der Waals surface area contributed by atoms with Gasteiger partial charge in [0.25, 0.3) is 5.69 Å². The van der Waals surface area contributed by atoms with Gasteiger partial charge in [0.15, 0.2) is 0 Å². The number of nitro benzene ring substituents is 1. The first kappa shape index (κ1) is 19.0. The molecule has 0 saturated carbocycles. The zero-order valence-electron chi connectivity index (χ0n) is 15.3. The summed E-state index contributed by atoms with van der Waals surface area (Å²) in [6.45, 7) is 2.54. The molecule has 1 fully saturated rings. The van der Waals surface area contributed by atoms with Gasteiger partial charge in [-0.2, -0.15) is 0 Å². The van der Waals surface area contributed by atoms with Crippen molar-refractivity contribution in [1.29, 1.82) is 0 Å². The zero-order valence-corrected chi connectivity index (χ0v) is 15.3. The topological polar surface area (TPSA) is 72.7 Å². The van der Waals surface area contributed by atoms with Gasteiger partial charge in [-0.05, 0) is 24.3 Å². The second-order valence-corrected chi connectivity index (χ2v) is 6.91. The number of carbonyl (C=O) groups is 1. The number of nitro groups is 1. The Morgan fingerprint density at radius 2 is 1.89 bits per heavy atom. The summed E-state index contributed by atoms with van der Waals surface area (Å²) < 4.78 is 5.83. The monoisotopic (exact) mass is 368 g/mol. The molecule has 1 unspecified atom stereocenters. The predicted octanol–water partition coefficient (Wildman–Crippen LogP) is 3.59. The molecule has 0 N–H and O–H groups in total. The van der Waals surface area contributed by atoms with Crippen molar-refractivity contribution >= 4 is 11.6 Å². The number of amides is 1. The summed E-state index contributed by atoms with van der Waals surface area (Å²) in [5.74, 6) is 0.245. The minimum atomic E-state index is -0.432. The molecule has 3 rings (SSSR count). The number of para-hydroxylation sites is 1. The molecule has 6 nitrogen and oxygen atoms in total. The van der Waals surface area contributed by atoms with Gasteiger partial charge in [-0.3, -0.25) is 14.9 Å². The van der Waals surface area contributed by atoms with E-state index < -0.39 is 4.92 Å². The summed E-state index contributed by atoms with van der Waals surface area (Å²) in [4.78, 5) is 25.2. The second-order valence-electron chi connectivity index (χ2n) is 6.91. The quantitative estimate of drug-likeness (QED) is 0.553. The van der Waals surface area contributed by atoms with E-state index in [1.165, 1.54) is 6.07 Å². The Hall–Kier alpha value is -2.73. The largest absolute Gasteiger partial charge is 0.376 e. The van der Waals surface area contributed by atoms with Crippen molar-refractivity contribution in [2.24, 2.45) is 5.92 Å². The lowest BCUT2D eigenvalue weighted by Crippen LogP contribution is -2.42. The third kappa shape index (κ3) is 5.37. The number of carbonyl (C=O) groups excluding carboxylic acids is 1. The summed E-state index contributed by atoms with van der Waals surface area (Å²) >= 11 is 0. The van der Waals surface area contributed by atoms with E-state index in [2.05, 4.69) is 0 Å². The Morgan fingerprint density at radius 3 is 2.67 bits per heavy atom. The van der Waals surface area contributed by atoms with Crippen molar-refractivity contribution in [3.05, 3.63) is 75.8 Å². The molecule has 2 aromatic carbocycles. The number of rotatable bonds is 7. The molecule has 0 spiro atoms. The fourth-order valence-corrected chi connectivity index (χ4v) is 3.46. The fraction of sp³-hybridized carbons (Fsp3) is 0.381. The number of nitrogens with zero attached hydrogens (tertiary/aromatic N) is 2. The average molecular weight is 368 g/mol. The van der Waals surface area contributed by atoms with Crippen LogP contribution in [0.3, 0.4) is 0 Å². The van der Waals surface area contributed by atoms with E-state index in [4.69, 9.17) is 4.74 Å². The minimum absolute atomic E-state index is 0.00519. The fourth-order valence-electron chi connectivity index (χ4n) is 3.46. The first-order valence-corrected chi connectivity index (χ1v) is 9.25. The normalized spacial score (nSPS) is 16.9. The summed E-state index contributed by atoms with van der Waals surface area (Å²) in [5.41, 5.74) is 1.61. The van der Waals surface area contributed by atoms with Crippen LogP contribution in [0.5, 0.6) is 0 Å². The molecule has 0 aliphatic carbocycles. The number of likely N-dealkylation sites (tertiary alicyclic amines) is 1. The van der Waals surface area contributed by atoms with Gasteiger partial charge < -0.3 is 9.64 Å². The Morgan fingerprint density at radius 1 is 1.15 bits per heavy atom. The van der Waals surface area contributed by atoms with Crippen LogP contribution in [0.2, 0.25) is 0 Å². The lowest BCUT2D eigenvalue weighted by atomic mass is 9.98. The van der Waals surface area contributed by atoms with Gasteiger partial charge in [-0.15, -0.1) is 0 Å². The van der Waals surface area contributed by atoms with Gasteiger partial charge in [0.05, 0.1) is 24.6 Å².